The van der Waals surface area contributed by atoms with Crippen LogP contribution in [0.4, 0.5) is 23.3 Å². The number of hydrogen-bond acceptors (Lipinski definition) is 6. The maximum Gasteiger partial charge on any atom is 0.223 e. The number of nitrogens with one attached hydrogen (secondary N) is 2. The van der Waals surface area contributed by atoms with Crippen LogP contribution >= 0.6 is 22.6 Å². The number of hydrazine groups is 1. The van der Waals surface area contributed by atoms with E-state index in [1.165, 1.54) is 0 Å². The standard InChI is InChI=1S/C10H11IN6/c11-6-3-1-2-4-7(6)14-8-5-9(17-13)16-10(12)15-8/h1-5H,13H2,(H4,12,14,15,16,17). The van der Waals surface area contributed by atoms with E-state index in [2.05, 4.69) is 43.3 Å². The Kier molecular flexibility index (Phi) is 3.59. The number of nitrogens with zero attached hydrogens (tertiary/aromatic N) is 2. The van der Waals surface area contributed by atoms with Gasteiger partial charge in [-0.1, -0.05) is 12.1 Å². The average Bonchev–Trinajstić information content (AvgIpc) is 2.31. The van der Waals surface area contributed by atoms with Gasteiger partial charge in [-0.05, 0) is 34.7 Å². The smallest absolute Gasteiger partial charge is 0.223 e. The van der Waals surface area contributed by atoms with E-state index in [0.29, 0.717) is 11.6 Å². The fourth-order valence-corrected chi connectivity index (χ4v) is 1.83. The molecular weight excluding hydrogens is 331 g/mol. The van der Waals surface area contributed by atoms with Crippen LogP contribution in [0.5, 0.6) is 0 Å². The van der Waals surface area contributed by atoms with Crippen LogP contribution in [0, 0.1) is 3.57 Å². The highest BCUT2D eigenvalue weighted by Gasteiger charge is 2.03. The lowest BCUT2D eigenvalue weighted by Crippen LogP contribution is -2.11. The van der Waals surface area contributed by atoms with Crippen molar-refractivity contribution in [1.29, 1.82) is 0 Å². The first-order valence-electron chi connectivity index (χ1n) is 4.82. The minimum atomic E-state index is 0.161. The summed E-state index contributed by atoms with van der Waals surface area (Å²) in [6.45, 7) is 0. The Balaban J connectivity index is 2.30. The Labute approximate surface area is 112 Å². The van der Waals surface area contributed by atoms with Crippen molar-refractivity contribution >= 4 is 45.9 Å². The Morgan fingerprint density at radius 1 is 1.12 bits per heavy atom. The van der Waals surface area contributed by atoms with Gasteiger partial charge < -0.3 is 16.5 Å². The predicted octanol–water partition coefficient (Wildman–Crippen LogP) is 1.69. The molecule has 2 aromatic rings. The molecule has 0 fully saturated rings. The van der Waals surface area contributed by atoms with Gasteiger partial charge in [0.1, 0.15) is 11.6 Å². The zero-order valence-corrected chi connectivity index (χ0v) is 11.0. The van der Waals surface area contributed by atoms with Gasteiger partial charge in [0.2, 0.25) is 5.95 Å². The van der Waals surface area contributed by atoms with Crippen LogP contribution in [0.1, 0.15) is 0 Å². The molecule has 0 atom stereocenters. The molecule has 0 unspecified atom stereocenters. The zero-order chi connectivity index (χ0) is 12.3. The monoisotopic (exact) mass is 342 g/mol. The highest BCUT2D eigenvalue weighted by atomic mass is 127. The van der Waals surface area contributed by atoms with E-state index in [1.54, 1.807) is 6.07 Å². The number of nitrogens with two attached hydrogens (primary N) is 2. The van der Waals surface area contributed by atoms with Crippen LogP contribution in [-0.4, -0.2) is 9.97 Å². The number of hydrogen-bond donors (Lipinski definition) is 4. The number of nitrogen functional groups attached to an aromatic ring is 2. The number of benzene rings is 1. The fourth-order valence-electron chi connectivity index (χ4n) is 1.30. The normalized spacial score (nSPS) is 10.0. The molecule has 1 aromatic carbocycles. The molecular formula is C10H11IN6. The minimum absolute atomic E-state index is 0.161. The quantitative estimate of drug-likeness (QED) is 0.385. The molecule has 0 saturated heterocycles. The first-order valence-corrected chi connectivity index (χ1v) is 5.89. The van der Waals surface area contributed by atoms with E-state index >= 15 is 0 Å². The molecule has 88 valence electrons. The van der Waals surface area contributed by atoms with Crippen LogP contribution in [0.2, 0.25) is 0 Å². The van der Waals surface area contributed by atoms with Crippen molar-refractivity contribution < 1.29 is 0 Å². The third-order valence-electron chi connectivity index (χ3n) is 2.03. The van der Waals surface area contributed by atoms with Crippen molar-refractivity contribution in [3.05, 3.63) is 33.9 Å². The second-order valence-corrected chi connectivity index (χ2v) is 4.41. The molecule has 0 radical (unpaired) electrons. The van der Waals surface area contributed by atoms with Crippen molar-refractivity contribution in [3.63, 3.8) is 0 Å². The van der Waals surface area contributed by atoms with Crippen LogP contribution in [0.3, 0.4) is 0 Å². The Hall–Kier alpha value is -1.61. The largest absolute Gasteiger partial charge is 0.368 e. The molecule has 0 amide bonds. The molecule has 6 nitrogen and oxygen atoms in total. The van der Waals surface area contributed by atoms with Crippen LogP contribution in [0.15, 0.2) is 30.3 Å². The van der Waals surface area contributed by atoms with Gasteiger partial charge in [0.05, 0.1) is 5.69 Å². The molecule has 2 rings (SSSR count). The van der Waals surface area contributed by atoms with Crippen molar-refractivity contribution in [3.8, 4) is 0 Å². The molecule has 1 heterocycles. The second-order valence-electron chi connectivity index (χ2n) is 3.25. The Morgan fingerprint density at radius 2 is 1.82 bits per heavy atom. The van der Waals surface area contributed by atoms with Gasteiger partial charge in [0.15, 0.2) is 0 Å². The summed E-state index contributed by atoms with van der Waals surface area (Å²) in [5.41, 5.74) is 8.96. The van der Waals surface area contributed by atoms with Gasteiger partial charge in [-0.25, -0.2) is 5.84 Å². The van der Waals surface area contributed by atoms with Gasteiger partial charge in [-0.3, -0.25) is 0 Å². The van der Waals surface area contributed by atoms with E-state index in [4.69, 9.17) is 11.6 Å². The first kappa shape index (κ1) is 11.9. The molecule has 1 aromatic heterocycles. The lowest BCUT2D eigenvalue weighted by Gasteiger charge is -2.09. The number of para-hydroxylation sites is 1. The van der Waals surface area contributed by atoms with Gasteiger partial charge in [-0.2, -0.15) is 9.97 Å². The summed E-state index contributed by atoms with van der Waals surface area (Å²) in [4.78, 5) is 7.98. The summed E-state index contributed by atoms with van der Waals surface area (Å²) in [7, 11) is 0. The Morgan fingerprint density at radius 3 is 2.53 bits per heavy atom. The summed E-state index contributed by atoms with van der Waals surface area (Å²) in [5.74, 6) is 6.50. The summed E-state index contributed by atoms with van der Waals surface area (Å²) in [6.07, 6.45) is 0. The van der Waals surface area contributed by atoms with Crippen LogP contribution in [-0.2, 0) is 0 Å². The van der Waals surface area contributed by atoms with Gasteiger partial charge in [0, 0.05) is 9.64 Å². The molecule has 0 aliphatic heterocycles. The molecule has 0 spiro atoms. The maximum absolute atomic E-state index is 5.57. The predicted molar refractivity (Wildman–Crippen MR) is 76.7 cm³/mol. The van der Waals surface area contributed by atoms with Gasteiger partial charge >= 0.3 is 0 Å². The van der Waals surface area contributed by atoms with Crippen molar-refractivity contribution in [2.75, 3.05) is 16.5 Å². The number of halogens is 1. The summed E-state index contributed by atoms with van der Waals surface area (Å²) in [6, 6.07) is 9.54. The number of rotatable bonds is 3. The van der Waals surface area contributed by atoms with Crippen molar-refractivity contribution in [1.82, 2.24) is 9.97 Å². The molecule has 0 aliphatic rings. The Bertz CT molecular complexity index is 530. The van der Waals surface area contributed by atoms with Crippen LogP contribution < -0.4 is 22.3 Å². The third-order valence-corrected chi connectivity index (χ3v) is 2.97. The first-order chi connectivity index (χ1) is 8.19. The molecule has 6 N–H and O–H groups in total. The van der Waals surface area contributed by atoms with E-state index < -0.39 is 0 Å². The SMILES string of the molecule is NNc1cc(Nc2ccccc2I)nc(N)n1. The molecule has 7 heteroatoms. The summed E-state index contributed by atoms with van der Waals surface area (Å²) in [5, 5.41) is 3.15. The molecule has 0 aliphatic carbocycles. The van der Waals surface area contributed by atoms with E-state index in [-0.39, 0.29) is 5.95 Å². The molecule has 0 bridgehead atoms. The van der Waals surface area contributed by atoms with Gasteiger partial charge in [0.25, 0.3) is 0 Å². The number of aromatic nitrogens is 2. The lowest BCUT2D eigenvalue weighted by molar-refractivity contribution is 1.15. The zero-order valence-electron chi connectivity index (χ0n) is 8.81. The lowest BCUT2D eigenvalue weighted by atomic mass is 10.3. The van der Waals surface area contributed by atoms with Crippen molar-refractivity contribution in [2.45, 2.75) is 0 Å². The minimum Gasteiger partial charge on any atom is -0.368 e. The van der Waals surface area contributed by atoms with E-state index in [0.717, 1.165) is 9.26 Å². The highest BCUT2D eigenvalue weighted by molar-refractivity contribution is 14.1. The van der Waals surface area contributed by atoms with E-state index in [9.17, 15) is 0 Å². The fraction of sp³-hybridized carbons (Fsp3) is 0. The highest BCUT2D eigenvalue weighted by Crippen LogP contribution is 2.22. The summed E-state index contributed by atoms with van der Waals surface area (Å²) < 4.78 is 1.09. The van der Waals surface area contributed by atoms with Crippen LogP contribution in [0.25, 0.3) is 0 Å². The topological polar surface area (TPSA) is 102 Å². The molecule has 17 heavy (non-hydrogen) atoms. The summed E-state index contributed by atoms with van der Waals surface area (Å²) >= 11 is 2.24. The molecule has 0 saturated carbocycles. The van der Waals surface area contributed by atoms with Crippen molar-refractivity contribution in [2.24, 2.45) is 5.84 Å². The maximum atomic E-state index is 5.57. The third kappa shape index (κ3) is 2.94. The van der Waals surface area contributed by atoms with E-state index in [1.807, 2.05) is 24.3 Å². The number of anilines is 4. The van der Waals surface area contributed by atoms with Gasteiger partial charge in [-0.15, -0.1) is 0 Å². The second kappa shape index (κ2) is 5.15. The average molecular weight is 342 g/mol.